The first-order valence-electron chi connectivity index (χ1n) is 6.75. The number of ether oxygens (including phenoxy) is 1. The van der Waals surface area contributed by atoms with Gasteiger partial charge in [0, 0.05) is 30.5 Å². The Morgan fingerprint density at radius 2 is 2.22 bits per heavy atom. The second-order valence-corrected chi connectivity index (χ2v) is 5.81. The molecule has 106 valence electrons. The Hall–Kier alpha value is -0.0400. The van der Waals surface area contributed by atoms with Crippen LogP contribution >= 0.6 is 24.0 Å². The van der Waals surface area contributed by atoms with Gasteiger partial charge in [-0.25, -0.2) is 0 Å². The van der Waals surface area contributed by atoms with Gasteiger partial charge in [-0.2, -0.15) is 0 Å². The van der Waals surface area contributed by atoms with Crippen LogP contribution in [-0.2, 0) is 4.74 Å². The standard InChI is InChI=1S/C13H25N3O.HI/c1-4-5-7-15-12(14)16-10-9-6-8-17-11(9)13(10,2)3;/h9-11H,4-8H2,1-3H3,(H3,14,15,16);1H. The fourth-order valence-corrected chi connectivity index (χ4v) is 3.18. The number of hydrogen-bond donors (Lipinski definition) is 2. The van der Waals surface area contributed by atoms with Gasteiger partial charge in [0.25, 0.3) is 0 Å². The Kier molecular flexibility index (Phi) is 5.70. The molecule has 3 N–H and O–H groups in total. The van der Waals surface area contributed by atoms with Crippen LogP contribution in [0.1, 0.15) is 40.0 Å². The molecule has 0 aromatic heterocycles. The predicted octanol–water partition coefficient (Wildman–Crippen LogP) is 2.12. The summed E-state index contributed by atoms with van der Waals surface area (Å²) >= 11 is 0. The van der Waals surface area contributed by atoms with E-state index in [0.717, 1.165) is 32.4 Å². The van der Waals surface area contributed by atoms with Crippen LogP contribution in [0.15, 0.2) is 4.99 Å². The van der Waals surface area contributed by atoms with Crippen molar-refractivity contribution >= 4 is 29.9 Å². The van der Waals surface area contributed by atoms with E-state index in [1.54, 1.807) is 0 Å². The molecule has 0 amide bonds. The van der Waals surface area contributed by atoms with E-state index < -0.39 is 0 Å². The molecule has 1 saturated carbocycles. The molecular formula is C13H26IN3O. The Labute approximate surface area is 127 Å². The fraction of sp³-hybridized carbons (Fsp3) is 0.923. The number of aliphatic imine (C=N–C) groups is 1. The molecule has 1 saturated heterocycles. The monoisotopic (exact) mass is 367 g/mol. The molecule has 3 unspecified atom stereocenters. The van der Waals surface area contributed by atoms with Crippen LogP contribution in [0.4, 0.5) is 0 Å². The largest absolute Gasteiger partial charge is 0.377 e. The summed E-state index contributed by atoms with van der Waals surface area (Å²) in [5.41, 5.74) is 6.10. The van der Waals surface area contributed by atoms with Gasteiger partial charge in [0.1, 0.15) is 0 Å². The van der Waals surface area contributed by atoms with E-state index in [1.165, 1.54) is 0 Å². The van der Waals surface area contributed by atoms with Crippen LogP contribution in [0.25, 0.3) is 0 Å². The Morgan fingerprint density at radius 1 is 1.50 bits per heavy atom. The number of fused-ring (bicyclic) bond motifs is 1. The highest BCUT2D eigenvalue weighted by Gasteiger charge is 2.59. The van der Waals surface area contributed by atoms with Gasteiger partial charge in [0.15, 0.2) is 5.96 Å². The van der Waals surface area contributed by atoms with Crippen LogP contribution < -0.4 is 11.1 Å². The average molecular weight is 367 g/mol. The van der Waals surface area contributed by atoms with Crippen molar-refractivity contribution < 1.29 is 4.74 Å². The third kappa shape index (κ3) is 2.92. The molecular weight excluding hydrogens is 341 g/mol. The predicted molar refractivity (Wildman–Crippen MR) is 85.4 cm³/mol. The van der Waals surface area contributed by atoms with E-state index in [1.807, 2.05) is 0 Å². The fourth-order valence-electron chi connectivity index (χ4n) is 3.18. The van der Waals surface area contributed by atoms with Gasteiger partial charge < -0.3 is 15.8 Å². The maximum absolute atomic E-state index is 5.93. The summed E-state index contributed by atoms with van der Waals surface area (Å²) in [7, 11) is 0. The molecule has 0 aromatic rings. The Bertz CT molecular complexity index is 307. The smallest absolute Gasteiger partial charge is 0.188 e. The van der Waals surface area contributed by atoms with Gasteiger partial charge in [-0.05, 0) is 12.8 Å². The van der Waals surface area contributed by atoms with Crippen LogP contribution in [0, 0.1) is 11.3 Å². The summed E-state index contributed by atoms with van der Waals surface area (Å²) in [5, 5.41) is 3.38. The lowest BCUT2D eigenvalue weighted by Crippen LogP contribution is -2.67. The van der Waals surface area contributed by atoms with Crippen molar-refractivity contribution in [3.05, 3.63) is 0 Å². The zero-order valence-corrected chi connectivity index (χ0v) is 13.9. The molecule has 1 aliphatic carbocycles. The maximum Gasteiger partial charge on any atom is 0.188 e. The van der Waals surface area contributed by atoms with E-state index >= 15 is 0 Å². The maximum atomic E-state index is 5.93. The number of nitrogens with one attached hydrogen (secondary N) is 1. The normalized spacial score (nSPS) is 33.3. The van der Waals surface area contributed by atoms with Crippen molar-refractivity contribution in [2.24, 2.45) is 22.1 Å². The van der Waals surface area contributed by atoms with Gasteiger partial charge in [-0.1, -0.05) is 27.2 Å². The SMILES string of the molecule is CCCCN=C(N)NC1C2CCOC2C1(C)C.I. The minimum atomic E-state index is 0. The summed E-state index contributed by atoms with van der Waals surface area (Å²) in [4.78, 5) is 4.36. The number of guanidine groups is 1. The second kappa shape index (κ2) is 6.41. The molecule has 4 nitrogen and oxygen atoms in total. The first-order valence-corrected chi connectivity index (χ1v) is 6.75. The number of nitrogens with two attached hydrogens (primary N) is 1. The minimum absolute atomic E-state index is 0. The van der Waals surface area contributed by atoms with Crippen molar-refractivity contribution in [1.29, 1.82) is 0 Å². The summed E-state index contributed by atoms with van der Waals surface area (Å²) in [5.74, 6) is 1.21. The van der Waals surface area contributed by atoms with Crippen molar-refractivity contribution in [2.75, 3.05) is 13.2 Å². The molecule has 1 aliphatic heterocycles. The molecule has 3 atom stereocenters. The second-order valence-electron chi connectivity index (χ2n) is 5.81. The van der Waals surface area contributed by atoms with Gasteiger partial charge >= 0.3 is 0 Å². The number of unbranched alkanes of at least 4 members (excludes halogenated alkanes) is 1. The van der Waals surface area contributed by atoms with Gasteiger partial charge in [-0.15, -0.1) is 24.0 Å². The van der Waals surface area contributed by atoms with Crippen LogP contribution in [-0.4, -0.2) is 31.3 Å². The topological polar surface area (TPSA) is 59.6 Å². The van der Waals surface area contributed by atoms with Crippen molar-refractivity contribution in [2.45, 2.75) is 52.2 Å². The molecule has 0 aromatic carbocycles. The van der Waals surface area contributed by atoms with E-state index in [4.69, 9.17) is 10.5 Å². The third-order valence-electron chi connectivity index (χ3n) is 4.20. The van der Waals surface area contributed by atoms with Gasteiger partial charge in [0.05, 0.1) is 6.10 Å². The van der Waals surface area contributed by atoms with E-state index in [9.17, 15) is 0 Å². The third-order valence-corrected chi connectivity index (χ3v) is 4.20. The molecule has 5 heteroatoms. The molecule has 1 heterocycles. The summed E-state index contributed by atoms with van der Waals surface area (Å²) in [6, 6.07) is 0.417. The van der Waals surface area contributed by atoms with Crippen molar-refractivity contribution in [3.8, 4) is 0 Å². The summed E-state index contributed by atoms with van der Waals surface area (Å²) < 4.78 is 5.76. The molecule has 0 spiro atoms. The number of hydrogen-bond acceptors (Lipinski definition) is 2. The summed E-state index contributed by atoms with van der Waals surface area (Å²) in [6.07, 6.45) is 3.81. The molecule has 2 aliphatic rings. The first-order chi connectivity index (χ1) is 8.07. The highest BCUT2D eigenvalue weighted by molar-refractivity contribution is 14.0. The minimum Gasteiger partial charge on any atom is -0.377 e. The average Bonchev–Trinajstić information content (AvgIpc) is 2.73. The number of rotatable bonds is 4. The molecule has 0 radical (unpaired) electrons. The quantitative estimate of drug-likeness (QED) is 0.346. The number of nitrogens with zero attached hydrogens (tertiary/aromatic N) is 1. The van der Waals surface area contributed by atoms with E-state index in [2.05, 4.69) is 31.1 Å². The van der Waals surface area contributed by atoms with Crippen molar-refractivity contribution in [3.63, 3.8) is 0 Å². The molecule has 2 rings (SSSR count). The van der Waals surface area contributed by atoms with E-state index in [0.29, 0.717) is 24.0 Å². The zero-order valence-electron chi connectivity index (χ0n) is 11.6. The number of halogens is 1. The molecule has 18 heavy (non-hydrogen) atoms. The van der Waals surface area contributed by atoms with Crippen LogP contribution in [0.2, 0.25) is 0 Å². The van der Waals surface area contributed by atoms with Gasteiger partial charge in [-0.3, -0.25) is 4.99 Å². The van der Waals surface area contributed by atoms with Crippen LogP contribution in [0.3, 0.4) is 0 Å². The lowest BCUT2D eigenvalue weighted by Gasteiger charge is -2.54. The highest BCUT2D eigenvalue weighted by Crippen LogP contribution is 2.51. The lowest BCUT2D eigenvalue weighted by molar-refractivity contribution is -0.106. The van der Waals surface area contributed by atoms with Crippen LogP contribution in [0.5, 0.6) is 0 Å². The lowest BCUT2D eigenvalue weighted by atomic mass is 9.57. The Morgan fingerprint density at radius 3 is 2.89 bits per heavy atom. The molecule has 0 bridgehead atoms. The first kappa shape index (κ1) is 16.0. The Balaban J connectivity index is 0.00000162. The van der Waals surface area contributed by atoms with Gasteiger partial charge in [0.2, 0.25) is 0 Å². The summed E-state index contributed by atoms with van der Waals surface area (Å²) in [6.45, 7) is 8.37. The zero-order chi connectivity index (χ0) is 12.5. The van der Waals surface area contributed by atoms with E-state index in [-0.39, 0.29) is 29.4 Å². The van der Waals surface area contributed by atoms with Crippen molar-refractivity contribution in [1.82, 2.24) is 5.32 Å². The molecule has 2 fully saturated rings. The highest BCUT2D eigenvalue weighted by atomic mass is 127.